The number of hydrogen-bond acceptors (Lipinski definition) is 3. The SMILES string of the molecule is CCCC(C(=O)OCC)N(C)C(=O)O. The first-order valence-electron chi connectivity index (χ1n) is 4.66. The molecule has 1 unspecified atom stereocenters. The molecular formula is C9H17NO4. The van der Waals surface area contributed by atoms with Crippen molar-refractivity contribution < 1.29 is 19.4 Å². The molecule has 0 aromatic rings. The molecule has 0 spiro atoms. The Morgan fingerprint density at radius 2 is 2.00 bits per heavy atom. The van der Waals surface area contributed by atoms with E-state index in [0.717, 1.165) is 11.3 Å². The van der Waals surface area contributed by atoms with Crippen LogP contribution in [0.25, 0.3) is 0 Å². The standard InChI is InChI=1S/C9H17NO4/c1-4-6-7(8(11)14-5-2)10(3)9(12)13/h7H,4-6H2,1-3H3,(H,12,13). The van der Waals surface area contributed by atoms with Gasteiger partial charge in [0, 0.05) is 7.05 Å². The fourth-order valence-electron chi connectivity index (χ4n) is 1.11. The highest BCUT2D eigenvalue weighted by atomic mass is 16.5. The van der Waals surface area contributed by atoms with E-state index in [4.69, 9.17) is 9.84 Å². The van der Waals surface area contributed by atoms with Gasteiger partial charge in [-0.05, 0) is 13.3 Å². The Morgan fingerprint density at radius 1 is 1.43 bits per heavy atom. The summed E-state index contributed by atoms with van der Waals surface area (Å²) in [6.07, 6.45) is 0.111. The summed E-state index contributed by atoms with van der Waals surface area (Å²) in [5, 5.41) is 8.71. The van der Waals surface area contributed by atoms with Crippen molar-refractivity contribution in [3.05, 3.63) is 0 Å². The lowest BCUT2D eigenvalue weighted by Gasteiger charge is -2.23. The van der Waals surface area contributed by atoms with Crippen molar-refractivity contribution >= 4 is 12.1 Å². The van der Waals surface area contributed by atoms with Gasteiger partial charge in [-0.25, -0.2) is 9.59 Å². The number of esters is 1. The normalized spacial score (nSPS) is 11.9. The van der Waals surface area contributed by atoms with Crippen LogP contribution in [0.2, 0.25) is 0 Å². The zero-order valence-electron chi connectivity index (χ0n) is 8.82. The van der Waals surface area contributed by atoms with Gasteiger partial charge in [-0.1, -0.05) is 13.3 Å². The van der Waals surface area contributed by atoms with E-state index in [0.29, 0.717) is 6.42 Å². The molecule has 0 radical (unpaired) electrons. The Balaban J connectivity index is 4.41. The van der Waals surface area contributed by atoms with Gasteiger partial charge in [0.25, 0.3) is 0 Å². The van der Waals surface area contributed by atoms with Crippen LogP contribution in [0.15, 0.2) is 0 Å². The summed E-state index contributed by atoms with van der Waals surface area (Å²) in [4.78, 5) is 23.0. The largest absolute Gasteiger partial charge is 0.465 e. The Labute approximate surface area is 83.6 Å². The van der Waals surface area contributed by atoms with Crippen LogP contribution in [-0.4, -0.2) is 41.8 Å². The van der Waals surface area contributed by atoms with Gasteiger partial charge in [-0.3, -0.25) is 4.90 Å². The minimum absolute atomic E-state index is 0.270. The average Bonchev–Trinajstić information content (AvgIpc) is 2.13. The van der Waals surface area contributed by atoms with Crippen molar-refractivity contribution in [3.63, 3.8) is 0 Å². The average molecular weight is 203 g/mol. The lowest BCUT2D eigenvalue weighted by atomic mass is 10.1. The van der Waals surface area contributed by atoms with Crippen molar-refractivity contribution in [3.8, 4) is 0 Å². The van der Waals surface area contributed by atoms with E-state index in [1.165, 1.54) is 7.05 Å². The second-order valence-electron chi connectivity index (χ2n) is 2.95. The molecule has 14 heavy (non-hydrogen) atoms. The number of rotatable bonds is 5. The van der Waals surface area contributed by atoms with Crippen molar-refractivity contribution in [2.45, 2.75) is 32.7 Å². The molecule has 0 saturated heterocycles. The van der Waals surface area contributed by atoms with Gasteiger partial charge < -0.3 is 9.84 Å². The number of likely N-dealkylation sites (N-methyl/N-ethyl adjacent to an activating group) is 1. The van der Waals surface area contributed by atoms with Gasteiger partial charge in [0.2, 0.25) is 0 Å². The summed E-state index contributed by atoms with van der Waals surface area (Å²) in [5.74, 6) is -0.473. The highest BCUT2D eigenvalue weighted by Gasteiger charge is 2.26. The van der Waals surface area contributed by atoms with Crippen LogP contribution < -0.4 is 0 Å². The maximum absolute atomic E-state index is 11.4. The topological polar surface area (TPSA) is 66.8 Å². The van der Waals surface area contributed by atoms with Crippen molar-refractivity contribution in [2.75, 3.05) is 13.7 Å². The van der Waals surface area contributed by atoms with E-state index < -0.39 is 18.1 Å². The predicted molar refractivity (Wildman–Crippen MR) is 51.1 cm³/mol. The Morgan fingerprint density at radius 3 is 2.36 bits per heavy atom. The zero-order valence-corrected chi connectivity index (χ0v) is 8.82. The quantitative estimate of drug-likeness (QED) is 0.684. The van der Waals surface area contributed by atoms with Gasteiger partial charge in [0.15, 0.2) is 0 Å². The van der Waals surface area contributed by atoms with Gasteiger partial charge in [0.1, 0.15) is 6.04 Å². The lowest BCUT2D eigenvalue weighted by Crippen LogP contribution is -2.42. The van der Waals surface area contributed by atoms with E-state index >= 15 is 0 Å². The smallest absolute Gasteiger partial charge is 0.407 e. The number of hydrogen-bond donors (Lipinski definition) is 1. The van der Waals surface area contributed by atoms with Crippen LogP contribution in [0.1, 0.15) is 26.7 Å². The van der Waals surface area contributed by atoms with Gasteiger partial charge in [-0.2, -0.15) is 0 Å². The highest BCUT2D eigenvalue weighted by Crippen LogP contribution is 2.07. The molecule has 0 aliphatic rings. The molecule has 0 rings (SSSR count). The number of nitrogens with zero attached hydrogens (tertiary/aromatic N) is 1. The van der Waals surface area contributed by atoms with E-state index in [9.17, 15) is 9.59 Å². The van der Waals surface area contributed by atoms with Crippen molar-refractivity contribution in [2.24, 2.45) is 0 Å². The maximum atomic E-state index is 11.4. The van der Waals surface area contributed by atoms with E-state index in [-0.39, 0.29) is 6.61 Å². The molecule has 1 amide bonds. The number of carbonyl (C=O) groups is 2. The summed E-state index contributed by atoms with van der Waals surface area (Å²) in [5.41, 5.74) is 0. The second-order valence-corrected chi connectivity index (χ2v) is 2.95. The van der Waals surface area contributed by atoms with Gasteiger partial charge >= 0.3 is 12.1 Å². The minimum atomic E-state index is -1.11. The Hall–Kier alpha value is -1.26. The van der Waals surface area contributed by atoms with Crippen LogP contribution in [0.5, 0.6) is 0 Å². The third-order valence-electron chi connectivity index (χ3n) is 1.89. The number of carboxylic acid groups (broad SMARTS) is 1. The highest BCUT2D eigenvalue weighted by molar-refractivity contribution is 5.80. The first kappa shape index (κ1) is 12.7. The fraction of sp³-hybridized carbons (Fsp3) is 0.778. The first-order chi connectivity index (χ1) is 6.54. The predicted octanol–water partition coefficient (Wildman–Crippen LogP) is 1.33. The van der Waals surface area contributed by atoms with E-state index in [1.807, 2.05) is 6.92 Å². The van der Waals surface area contributed by atoms with Crippen molar-refractivity contribution in [1.82, 2.24) is 4.90 Å². The summed E-state index contributed by atoms with van der Waals surface area (Å²) < 4.78 is 4.78. The molecule has 1 N–H and O–H groups in total. The molecule has 0 aromatic carbocycles. The molecule has 0 fully saturated rings. The summed E-state index contributed by atoms with van der Waals surface area (Å²) in [7, 11) is 1.37. The molecule has 0 aromatic heterocycles. The van der Waals surface area contributed by atoms with Crippen LogP contribution in [0.4, 0.5) is 4.79 Å². The molecule has 0 aliphatic carbocycles. The molecule has 0 aliphatic heterocycles. The summed E-state index contributed by atoms with van der Waals surface area (Å²) in [6, 6.07) is -0.683. The molecule has 0 saturated carbocycles. The van der Waals surface area contributed by atoms with Crippen LogP contribution in [-0.2, 0) is 9.53 Å². The monoisotopic (exact) mass is 203 g/mol. The van der Waals surface area contributed by atoms with Crippen LogP contribution in [0, 0.1) is 0 Å². The number of carbonyl (C=O) groups excluding carboxylic acids is 1. The molecule has 5 heteroatoms. The molecular weight excluding hydrogens is 186 g/mol. The minimum Gasteiger partial charge on any atom is -0.465 e. The van der Waals surface area contributed by atoms with Gasteiger partial charge in [0.05, 0.1) is 6.61 Å². The van der Waals surface area contributed by atoms with E-state index in [1.54, 1.807) is 6.92 Å². The third-order valence-corrected chi connectivity index (χ3v) is 1.89. The molecule has 0 heterocycles. The third kappa shape index (κ3) is 3.64. The molecule has 1 atom stereocenters. The molecule has 82 valence electrons. The van der Waals surface area contributed by atoms with E-state index in [2.05, 4.69) is 0 Å². The molecule has 0 bridgehead atoms. The second kappa shape index (κ2) is 6.23. The summed E-state index contributed by atoms with van der Waals surface area (Å²) in [6.45, 7) is 3.86. The zero-order chi connectivity index (χ0) is 11.1. The maximum Gasteiger partial charge on any atom is 0.407 e. The van der Waals surface area contributed by atoms with Gasteiger partial charge in [-0.15, -0.1) is 0 Å². The number of ether oxygens (including phenoxy) is 1. The Kier molecular flexibility index (Phi) is 5.67. The molecule has 5 nitrogen and oxygen atoms in total. The van der Waals surface area contributed by atoms with Crippen LogP contribution >= 0.6 is 0 Å². The summed E-state index contributed by atoms with van der Waals surface area (Å²) >= 11 is 0. The van der Waals surface area contributed by atoms with Crippen molar-refractivity contribution in [1.29, 1.82) is 0 Å². The number of amides is 1. The van der Waals surface area contributed by atoms with Crippen LogP contribution in [0.3, 0.4) is 0 Å². The fourth-order valence-corrected chi connectivity index (χ4v) is 1.11. The lowest BCUT2D eigenvalue weighted by molar-refractivity contribution is -0.148. The Bertz CT molecular complexity index is 205. The first-order valence-corrected chi connectivity index (χ1v) is 4.66.